The van der Waals surface area contributed by atoms with Gasteiger partial charge in [-0.3, -0.25) is 4.57 Å². The van der Waals surface area contributed by atoms with Crippen LogP contribution in [0.15, 0.2) is 0 Å². The normalized spacial score (nSPS) is 12.4. The van der Waals surface area contributed by atoms with E-state index in [1.807, 2.05) is 26.4 Å². The summed E-state index contributed by atoms with van der Waals surface area (Å²) in [7, 11) is -2.99. The van der Waals surface area contributed by atoms with Gasteiger partial charge in [0, 0.05) is 0 Å². The molecule has 0 rings (SSSR count). The molecule has 0 spiro atoms. The molecule has 0 aliphatic rings. The first-order chi connectivity index (χ1) is 6.14. The molecule has 0 unspecified atom stereocenters. The van der Waals surface area contributed by atoms with Gasteiger partial charge in [0.05, 0.1) is 13.2 Å². The lowest BCUT2D eigenvalue weighted by molar-refractivity contribution is 0.226. The maximum absolute atomic E-state index is 12.1. The minimum absolute atomic E-state index is 0.405. The summed E-state index contributed by atoms with van der Waals surface area (Å²) in [6.07, 6.45) is 3.74. The van der Waals surface area contributed by atoms with E-state index in [-0.39, 0.29) is 0 Å². The minimum atomic E-state index is -2.99. The van der Waals surface area contributed by atoms with E-state index in [9.17, 15) is 4.57 Å². The van der Waals surface area contributed by atoms with E-state index in [2.05, 4.69) is 0 Å². The minimum Gasteiger partial charge on any atom is -0.330 e. The number of thioether (sulfide) groups is 2. The molecule has 13 heavy (non-hydrogen) atoms. The van der Waals surface area contributed by atoms with Crippen molar-refractivity contribution in [3.63, 3.8) is 0 Å². The van der Waals surface area contributed by atoms with E-state index in [4.69, 9.17) is 9.05 Å². The standard InChI is InChI=1S/C7H16O3PS2/c1-5-9-11(8,10-6-2)7(12-3)13-4/h5-6H2,1-4H3/q-1. The Bertz CT molecular complexity index is 163. The molecule has 0 aliphatic heterocycles. The van der Waals surface area contributed by atoms with Crippen molar-refractivity contribution in [1.29, 1.82) is 0 Å². The number of hydrogen-bond donors (Lipinski definition) is 0. The van der Waals surface area contributed by atoms with Crippen LogP contribution < -0.4 is 0 Å². The molecular formula is C7H16O3PS2-. The first-order valence-corrected chi connectivity index (χ1v) is 7.98. The highest BCUT2D eigenvalue weighted by Crippen LogP contribution is 2.65. The second kappa shape index (κ2) is 7.18. The Kier molecular flexibility index (Phi) is 7.65. The van der Waals surface area contributed by atoms with Crippen molar-refractivity contribution in [3.8, 4) is 0 Å². The number of rotatable bonds is 7. The molecule has 0 saturated carbocycles. The summed E-state index contributed by atoms with van der Waals surface area (Å²) in [6, 6.07) is 0. The Hall–Kier alpha value is 0.850. The molecule has 0 radical (unpaired) electrons. The first kappa shape index (κ1) is 13.8. The van der Waals surface area contributed by atoms with Gasteiger partial charge in [-0.15, -0.1) is 0 Å². The van der Waals surface area contributed by atoms with Gasteiger partial charge in [0.25, 0.3) is 0 Å². The molecule has 0 aromatic heterocycles. The summed E-state index contributed by atoms with van der Waals surface area (Å²) in [5.74, 6) is 0. The molecule has 0 saturated heterocycles. The lowest BCUT2D eigenvalue weighted by atomic mass is 10.9. The molecule has 0 heterocycles. The molecule has 0 aliphatic carbocycles. The lowest BCUT2D eigenvalue weighted by Crippen LogP contribution is -2.00. The Labute approximate surface area is 88.9 Å². The maximum Gasteiger partial charge on any atom is 0.209 e. The van der Waals surface area contributed by atoms with Gasteiger partial charge >= 0.3 is 0 Å². The summed E-state index contributed by atoms with van der Waals surface area (Å²) in [5, 5.41) is 0. The molecule has 0 fully saturated rings. The molecule has 0 aromatic carbocycles. The van der Waals surface area contributed by atoms with Crippen LogP contribution in [0.4, 0.5) is 0 Å². The third kappa shape index (κ3) is 4.26. The molecule has 0 bridgehead atoms. The van der Waals surface area contributed by atoms with E-state index in [0.29, 0.717) is 13.2 Å². The van der Waals surface area contributed by atoms with Crippen molar-refractivity contribution in [3.05, 3.63) is 4.32 Å². The van der Waals surface area contributed by atoms with Crippen LogP contribution in [0.2, 0.25) is 0 Å². The zero-order valence-corrected chi connectivity index (χ0v) is 10.9. The molecule has 0 atom stereocenters. The Balaban J connectivity index is 4.44. The molecule has 0 aromatic rings. The lowest BCUT2D eigenvalue weighted by Gasteiger charge is -2.35. The Morgan fingerprint density at radius 3 is 1.77 bits per heavy atom. The Morgan fingerprint density at radius 2 is 1.54 bits per heavy atom. The zero-order chi connectivity index (χ0) is 10.3. The highest BCUT2D eigenvalue weighted by molar-refractivity contribution is 8.27. The van der Waals surface area contributed by atoms with Gasteiger partial charge in [0.1, 0.15) is 0 Å². The van der Waals surface area contributed by atoms with Crippen molar-refractivity contribution < 1.29 is 13.6 Å². The highest BCUT2D eigenvalue weighted by atomic mass is 32.2. The summed E-state index contributed by atoms with van der Waals surface area (Å²) in [4.78, 5) is 0. The topological polar surface area (TPSA) is 35.5 Å². The fourth-order valence-corrected chi connectivity index (χ4v) is 4.84. The zero-order valence-electron chi connectivity index (χ0n) is 8.40. The molecule has 6 heteroatoms. The average molecular weight is 243 g/mol. The highest BCUT2D eigenvalue weighted by Gasteiger charge is 2.20. The summed E-state index contributed by atoms with van der Waals surface area (Å²) in [5.41, 5.74) is 0. The van der Waals surface area contributed by atoms with Crippen molar-refractivity contribution in [1.82, 2.24) is 0 Å². The van der Waals surface area contributed by atoms with E-state index < -0.39 is 7.60 Å². The largest absolute Gasteiger partial charge is 0.330 e. The third-order valence-corrected chi connectivity index (χ3v) is 6.95. The van der Waals surface area contributed by atoms with Crippen LogP contribution in [-0.2, 0) is 13.6 Å². The van der Waals surface area contributed by atoms with Gasteiger partial charge in [-0.05, 0) is 26.4 Å². The van der Waals surface area contributed by atoms with Gasteiger partial charge < -0.3 is 32.6 Å². The molecule has 0 N–H and O–H groups in total. The third-order valence-electron chi connectivity index (χ3n) is 1.17. The monoisotopic (exact) mass is 243 g/mol. The van der Waals surface area contributed by atoms with Gasteiger partial charge in [0.15, 0.2) is 0 Å². The SMILES string of the molecule is CCOP(=O)(OCC)[C-](SC)SC. The summed E-state index contributed by atoms with van der Waals surface area (Å²) >= 11 is 2.85. The quantitative estimate of drug-likeness (QED) is 0.505. The maximum atomic E-state index is 12.1. The van der Waals surface area contributed by atoms with Crippen molar-refractivity contribution in [2.45, 2.75) is 13.8 Å². The van der Waals surface area contributed by atoms with Crippen LogP contribution in [0.5, 0.6) is 0 Å². The van der Waals surface area contributed by atoms with E-state index in [0.717, 1.165) is 4.32 Å². The van der Waals surface area contributed by atoms with E-state index in [1.165, 1.54) is 23.5 Å². The van der Waals surface area contributed by atoms with Crippen LogP contribution in [0, 0.1) is 4.32 Å². The fourth-order valence-electron chi connectivity index (χ4n) is 0.790. The van der Waals surface area contributed by atoms with E-state index in [1.54, 1.807) is 0 Å². The van der Waals surface area contributed by atoms with Gasteiger partial charge in [-0.2, -0.15) is 0 Å². The summed E-state index contributed by atoms with van der Waals surface area (Å²) in [6.45, 7) is 4.43. The van der Waals surface area contributed by atoms with Crippen LogP contribution in [0.3, 0.4) is 0 Å². The van der Waals surface area contributed by atoms with Gasteiger partial charge in [-0.1, -0.05) is 4.32 Å². The van der Waals surface area contributed by atoms with Crippen LogP contribution >= 0.6 is 31.1 Å². The van der Waals surface area contributed by atoms with Crippen LogP contribution in [0.1, 0.15) is 13.8 Å². The van der Waals surface area contributed by atoms with Crippen molar-refractivity contribution >= 4 is 31.1 Å². The molecule has 0 amide bonds. The van der Waals surface area contributed by atoms with Crippen molar-refractivity contribution in [2.24, 2.45) is 0 Å². The fraction of sp³-hybridized carbons (Fsp3) is 0.857. The van der Waals surface area contributed by atoms with Gasteiger partial charge in [0.2, 0.25) is 7.60 Å². The average Bonchev–Trinajstić information content (AvgIpc) is 2.07. The van der Waals surface area contributed by atoms with Crippen molar-refractivity contribution in [2.75, 3.05) is 25.7 Å². The predicted molar refractivity (Wildman–Crippen MR) is 61.1 cm³/mol. The van der Waals surface area contributed by atoms with Gasteiger partial charge in [-0.25, -0.2) is 0 Å². The van der Waals surface area contributed by atoms with Crippen LogP contribution in [0.25, 0.3) is 0 Å². The summed E-state index contributed by atoms with van der Waals surface area (Å²) < 4.78 is 23.1. The van der Waals surface area contributed by atoms with E-state index >= 15 is 0 Å². The molecule has 80 valence electrons. The molecular weight excluding hydrogens is 227 g/mol. The second-order valence-electron chi connectivity index (χ2n) is 2.01. The first-order valence-electron chi connectivity index (χ1n) is 3.99. The number of hydrogen-bond acceptors (Lipinski definition) is 5. The Morgan fingerprint density at radius 1 is 1.15 bits per heavy atom. The van der Waals surface area contributed by atoms with Crippen LogP contribution in [-0.4, -0.2) is 25.7 Å². The second-order valence-corrected chi connectivity index (χ2v) is 6.46. The molecule has 3 nitrogen and oxygen atoms in total. The smallest absolute Gasteiger partial charge is 0.209 e. The predicted octanol–water partition coefficient (Wildman–Crippen LogP) is 3.43.